The van der Waals surface area contributed by atoms with Crippen molar-refractivity contribution in [1.29, 1.82) is 0 Å². The number of benzene rings is 1. The molecule has 0 radical (unpaired) electrons. The van der Waals surface area contributed by atoms with E-state index in [0.717, 1.165) is 24.1 Å². The summed E-state index contributed by atoms with van der Waals surface area (Å²) in [6.45, 7) is 0. The van der Waals surface area contributed by atoms with Gasteiger partial charge in [-0.1, -0.05) is 62.4 Å². The SMILES string of the molecule is O=C(NC(=O)[C@H](Cc1cnc[nH]1)N[C@@H](CC1CCCCC1)[C@@H](O)c1ncc[nH]1)[C@@H](CS)Cc1ccccc1. The Morgan fingerprint density at radius 2 is 1.87 bits per heavy atom. The minimum absolute atomic E-state index is 0.287. The Balaban J connectivity index is 1.50. The van der Waals surface area contributed by atoms with E-state index in [0.29, 0.717) is 30.3 Å². The number of thiol groups is 1. The average molecular weight is 539 g/mol. The molecule has 1 saturated carbocycles. The Labute approximate surface area is 229 Å². The summed E-state index contributed by atoms with van der Waals surface area (Å²) in [4.78, 5) is 41.0. The van der Waals surface area contributed by atoms with E-state index in [-0.39, 0.29) is 12.3 Å². The van der Waals surface area contributed by atoms with Crippen LogP contribution < -0.4 is 10.6 Å². The Morgan fingerprint density at radius 3 is 2.53 bits per heavy atom. The smallest absolute Gasteiger partial charge is 0.244 e. The van der Waals surface area contributed by atoms with Crippen LogP contribution in [-0.2, 0) is 22.4 Å². The maximum absolute atomic E-state index is 13.5. The number of rotatable bonds is 13. The molecule has 4 rings (SSSR count). The van der Waals surface area contributed by atoms with Crippen molar-refractivity contribution >= 4 is 24.4 Å². The third-order valence-electron chi connectivity index (χ3n) is 7.37. The molecule has 1 aliphatic carbocycles. The summed E-state index contributed by atoms with van der Waals surface area (Å²) >= 11 is 4.38. The average Bonchev–Trinajstić information content (AvgIpc) is 3.66. The van der Waals surface area contributed by atoms with Gasteiger partial charge >= 0.3 is 0 Å². The highest BCUT2D eigenvalue weighted by atomic mass is 32.1. The van der Waals surface area contributed by atoms with Gasteiger partial charge in [-0.2, -0.15) is 12.6 Å². The molecule has 204 valence electrons. The number of amides is 2. The van der Waals surface area contributed by atoms with Crippen LogP contribution in [0.25, 0.3) is 0 Å². The highest BCUT2D eigenvalue weighted by molar-refractivity contribution is 7.80. The molecule has 10 heteroatoms. The Kier molecular flexibility index (Phi) is 10.5. The molecule has 0 aliphatic heterocycles. The van der Waals surface area contributed by atoms with Gasteiger partial charge in [-0.05, 0) is 24.3 Å². The van der Waals surface area contributed by atoms with Crippen LogP contribution in [0, 0.1) is 11.8 Å². The van der Waals surface area contributed by atoms with Gasteiger partial charge in [0.2, 0.25) is 11.8 Å². The molecule has 9 nitrogen and oxygen atoms in total. The summed E-state index contributed by atoms with van der Waals surface area (Å²) < 4.78 is 0. The fourth-order valence-corrected chi connectivity index (χ4v) is 5.55. The summed E-state index contributed by atoms with van der Waals surface area (Å²) in [5.74, 6) is -0.0423. The maximum atomic E-state index is 13.5. The van der Waals surface area contributed by atoms with Crippen molar-refractivity contribution in [1.82, 2.24) is 30.6 Å². The number of aliphatic hydroxyl groups is 1. The number of carbonyl (C=O) groups excluding carboxylic acids is 2. The summed E-state index contributed by atoms with van der Waals surface area (Å²) in [5.41, 5.74) is 1.76. The Hall–Kier alpha value is -2.95. The van der Waals surface area contributed by atoms with Gasteiger partial charge in [0.25, 0.3) is 0 Å². The molecule has 2 aromatic heterocycles. The largest absolute Gasteiger partial charge is 0.384 e. The first-order valence-electron chi connectivity index (χ1n) is 13.4. The van der Waals surface area contributed by atoms with E-state index < -0.39 is 30.0 Å². The van der Waals surface area contributed by atoms with Crippen LogP contribution in [0.2, 0.25) is 0 Å². The third kappa shape index (κ3) is 8.02. The lowest BCUT2D eigenvalue weighted by Gasteiger charge is -2.32. The second-order valence-corrected chi connectivity index (χ2v) is 10.6. The quantitative estimate of drug-likeness (QED) is 0.185. The van der Waals surface area contributed by atoms with E-state index in [2.05, 4.69) is 43.2 Å². The van der Waals surface area contributed by atoms with E-state index in [9.17, 15) is 14.7 Å². The fourth-order valence-electron chi connectivity index (χ4n) is 5.25. The number of aromatic nitrogens is 4. The van der Waals surface area contributed by atoms with Gasteiger partial charge in [0.1, 0.15) is 11.9 Å². The minimum atomic E-state index is -0.928. The number of nitrogens with one attached hydrogen (secondary N) is 4. The molecular formula is C28H38N6O3S. The molecule has 4 atom stereocenters. The zero-order valence-electron chi connectivity index (χ0n) is 21.6. The second kappa shape index (κ2) is 14.3. The first-order valence-corrected chi connectivity index (χ1v) is 14.1. The van der Waals surface area contributed by atoms with Crippen LogP contribution in [0.15, 0.2) is 55.2 Å². The van der Waals surface area contributed by atoms with Crippen molar-refractivity contribution in [3.05, 3.63) is 72.3 Å². The number of hydrogen-bond acceptors (Lipinski definition) is 7. The van der Waals surface area contributed by atoms with Gasteiger partial charge < -0.3 is 15.1 Å². The molecule has 5 N–H and O–H groups in total. The van der Waals surface area contributed by atoms with E-state index in [1.54, 1.807) is 24.9 Å². The highest BCUT2D eigenvalue weighted by Crippen LogP contribution is 2.30. The zero-order chi connectivity index (χ0) is 26.7. The number of nitrogens with zero attached hydrogens (tertiary/aromatic N) is 2. The monoisotopic (exact) mass is 538 g/mol. The Morgan fingerprint density at radius 1 is 1.08 bits per heavy atom. The lowest BCUT2D eigenvalue weighted by atomic mass is 9.83. The standard InChI is InChI=1S/C28H38N6O3S/c35-25(26-30-11-12-31-26)23(14-20-9-5-2-6-10-20)33-24(15-22-16-29-18-32-22)28(37)34-27(36)21(17-38)13-19-7-3-1-4-8-19/h1,3-4,7-8,11-12,16,18,20-21,23-25,33,35,38H,2,5-6,9-10,13-15,17H2,(H,29,32)(H,30,31)(H,34,36,37)/t21-,23+,24+,25-/m1/s1. The van der Waals surface area contributed by atoms with E-state index in [4.69, 9.17) is 0 Å². The van der Waals surface area contributed by atoms with E-state index >= 15 is 0 Å². The number of imidazole rings is 2. The van der Waals surface area contributed by atoms with Crippen LogP contribution in [0.1, 0.15) is 61.7 Å². The first kappa shape index (κ1) is 28.1. The van der Waals surface area contributed by atoms with Crippen LogP contribution >= 0.6 is 12.6 Å². The maximum Gasteiger partial charge on any atom is 0.244 e. The number of hydrogen-bond donors (Lipinski definition) is 6. The van der Waals surface area contributed by atoms with Crippen molar-refractivity contribution in [3.8, 4) is 0 Å². The lowest BCUT2D eigenvalue weighted by Crippen LogP contribution is -2.54. The van der Waals surface area contributed by atoms with Crippen molar-refractivity contribution in [2.75, 3.05) is 5.75 Å². The topological polar surface area (TPSA) is 136 Å². The van der Waals surface area contributed by atoms with Crippen LogP contribution in [-0.4, -0.2) is 54.7 Å². The van der Waals surface area contributed by atoms with Crippen LogP contribution in [0.4, 0.5) is 0 Å². The highest BCUT2D eigenvalue weighted by Gasteiger charge is 2.33. The fraction of sp³-hybridized carbons (Fsp3) is 0.500. The lowest BCUT2D eigenvalue weighted by molar-refractivity contribution is -0.133. The molecule has 1 fully saturated rings. The molecule has 1 aromatic carbocycles. The summed E-state index contributed by atoms with van der Waals surface area (Å²) in [6, 6.07) is 8.50. The predicted molar refractivity (Wildman–Crippen MR) is 148 cm³/mol. The summed E-state index contributed by atoms with van der Waals surface area (Å²) in [5, 5.41) is 17.3. The number of aromatic amines is 2. The molecule has 2 amide bonds. The molecule has 0 unspecified atom stereocenters. The van der Waals surface area contributed by atoms with Crippen molar-refractivity contribution < 1.29 is 14.7 Å². The normalized spacial score (nSPS) is 17.4. The number of aliphatic hydroxyl groups excluding tert-OH is 1. The van der Waals surface area contributed by atoms with Crippen molar-refractivity contribution in [3.63, 3.8) is 0 Å². The molecule has 2 heterocycles. The van der Waals surface area contributed by atoms with Gasteiger partial charge in [-0.3, -0.25) is 20.2 Å². The zero-order valence-corrected chi connectivity index (χ0v) is 22.4. The number of imide groups is 1. The Bertz CT molecular complexity index is 1100. The minimum Gasteiger partial charge on any atom is -0.384 e. The molecule has 0 saturated heterocycles. The molecular weight excluding hydrogens is 500 g/mol. The molecule has 1 aliphatic rings. The predicted octanol–water partition coefficient (Wildman–Crippen LogP) is 3.14. The van der Waals surface area contributed by atoms with Gasteiger partial charge in [-0.15, -0.1) is 0 Å². The van der Waals surface area contributed by atoms with Gasteiger partial charge in [0, 0.05) is 42.5 Å². The molecule has 0 bridgehead atoms. The van der Waals surface area contributed by atoms with E-state index in [1.165, 1.54) is 19.3 Å². The van der Waals surface area contributed by atoms with Gasteiger partial charge in [0.15, 0.2) is 0 Å². The van der Waals surface area contributed by atoms with E-state index in [1.807, 2.05) is 30.3 Å². The van der Waals surface area contributed by atoms with Crippen molar-refractivity contribution in [2.45, 2.75) is 69.6 Å². The molecule has 0 spiro atoms. The first-order chi connectivity index (χ1) is 18.5. The van der Waals surface area contributed by atoms with Crippen molar-refractivity contribution in [2.24, 2.45) is 11.8 Å². The number of carbonyl (C=O) groups is 2. The number of H-pyrrole nitrogens is 2. The van der Waals surface area contributed by atoms with Crippen LogP contribution in [0.5, 0.6) is 0 Å². The van der Waals surface area contributed by atoms with Crippen LogP contribution in [0.3, 0.4) is 0 Å². The summed E-state index contributed by atoms with van der Waals surface area (Å²) in [6.07, 6.45) is 12.8. The third-order valence-corrected chi connectivity index (χ3v) is 7.81. The van der Waals surface area contributed by atoms with Gasteiger partial charge in [0.05, 0.1) is 18.3 Å². The molecule has 3 aromatic rings. The summed E-state index contributed by atoms with van der Waals surface area (Å²) in [7, 11) is 0. The molecule has 38 heavy (non-hydrogen) atoms. The van der Waals surface area contributed by atoms with Gasteiger partial charge in [-0.25, -0.2) is 9.97 Å². The second-order valence-electron chi connectivity index (χ2n) is 10.2.